The zero-order valence-corrected chi connectivity index (χ0v) is 15.1. The lowest BCUT2D eigenvalue weighted by Crippen LogP contribution is -2.43. The number of amides is 1. The van der Waals surface area contributed by atoms with Crippen LogP contribution in [0.1, 0.15) is 32.1 Å². The predicted octanol–water partition coefficient (Wildman–Crippen LogP) is 2.51. The van der Waals surface area contributed by atoms with Gasteiger partial charge in [-0.2, -0.15) is 0 Å². The van der Waals surface area contributed by atoms with E-state index in [-0.39, 0.29) is 17.2 Å². The van der Waals surface area contributed by atoms with Crippen LogP contribution in [-0.4, -0.2) is 52.5 Å². The van der Waals surface area contributed by atoms with Crippen LogP contribution in [0.15, 0.2) is 29.0 Å². The van der Waals surface area contributed by atoms with Crippen molar-refractivity contribution < 1.29 is 19.1 Å². The Bertz CT molecular complexity index is 896. The highest BCUT2D eigenvalue weighted by Gasteiger charge is 2.51. The highest BCUT2D eigenvalue weighted by atomic mass is 16.4. The smallest absolute Gasteiger partial charge is 0.326 e. The van der Waals surface area contributed by atoms with Crippen molar-refractivity contribution in [1.29, 1.82) is 0 Å². The lowest BCUT2D eigenvalue weighted by Gasteiger charge is -2.39. The van der Waals surface area contributed by atoms with Gasteiger partial charge in [-0.25, -0.2) is 9.78 Å². The molecule has 3 fully saturated rings. The standard InChI is InChI=1S/C20H23N3O4/c24-18(13-1-2-13)23-12-20(11-15(23)19(25)26)5-8-22(9-6-20)17-14-4-10-27-16(14)3-7-21-17/h3-4,7,10,13,15H,1-2,5-6,8-9,11-12H2,(H,25,26)/t15-/m0/s1. The largest absolute Gasteiger partial charge is 0.480 e. The third-order valence-corrected chi connectivity index (χ3v) is 6.49. The van der Waals surface area contributed by atoms with Crippen molar-refractivity contribution in [3.8, 4) is 0 Å². The molecular formula is C20H23N3O4. The molecule has 4 heterocycles. The molecule has 7 nitrogen and oxygen atoms in total. The van der Waals surface area contributed by atoms with Crippen molar-refractivity contribution in [2.24, 2.45) is 11.3 Å². The van der Waals surface area contributed by atoms with Crippen LogP contribution in [0.25, 0.3) is 11.0 Å². The minimum Gasteiger partial charge on any atom is -0.480 e. The van der Waals surface area contributed by atoms with Crippen LogP contribution in [0, 0.1) is 11.3 Å². The van der Waals surface area contributed by atoms with Gasteiger partial charge in [-0.05, 0) is 49.7 Å². The maximum Gasteiger partial charge on any atom is 0.326 e. The first-order valence-corrected chi connectivity index (χ1v) is 9.67. The molecule has 2 aromatic heterocycles. The zero-order valence-electron chi connectivity index (χ0n) is 15.1. The van der Waals surface area contributed by atoms with E-state index in [9.17, 15) is 14.7 Å². The highest BCUT2D eigenvalue weighted by molar-refractivity contribution is 5.89. The molecule has 0 radical (unpaired) electrons. The minimum absolute atomic E-state index is 0.0477. The summed E-state index contributed by atoms with van der Waals surface area (Å²) in [7, 11) is 0. The van der Waals surface area contributed by atoms with Crippen LogP contribution >= 0.6 is 0 Å². The SMILES string of the molecule is O=C(O)[C@@H]1CC2(CCN(c3nccc4occc34)CC2)CN1C(=O)C1CC1. The second-order valence-corrected chi connectivity index (χ2v) is 8.25. The number of carbonyl (C=O) groups excluding carboxylic acids is 1. The zero-order chi connectivity index (χ0) is 18.6. The number of carboxylic acids is 1. The number of likely N-dealkylation sites (tertiary alicyclic amines) is 1. The quantitative estimate of drug-likeness (QED) is 0.895. The second-order valence-electron chi connectivity index (χ2n) is 8.25. The maximum absolute atomic E-state index is 12.6. The van der Waals surface area contributed by atoms with Crippen LogP contribution in [-0.2, 0) is 9.59 Å². The van der Waals surface area contributed by atoms with Crippen molar-refractivity contribution >= 4 is 28.7 Å². The molecule has 2 aromatic rings. The molecule has 0 unspecified atom stereocenters. The topological polar surface area (TPSA) is 86.9 Å². The summed E-state index contributed by atoms with van der Waals surface area (Å²) in [6, 6.07) is 3.13. The predicted molar refractivity (Wildman–Crippen MR) is 98.4 cm³/mol. The van der Waals surface area contributed by atoms with E-state index in [1.807, 2.05) is 12.1 Å². The Hall–Kier alpha value is -2.57. The van der Waals surface area contributed by atoms with E-state index in [1.165, 1.54) is 0 Å². The van der Waals surface area contributed by atoms with E-state index in [0.717, 1.165) is 55.6 Å². The van der Waals surface area contributed by atoms with Crippen LogP contribution in [0.4, 0.5) is 5.82 Å². The molecule has 3 aliphatic rings. The van der Waals surface area contributed by atoms with E-state index in [1.54, 1.807) is 17.4 Å². The van der Waals surface area contributed by atoms with Gasteiger partial charge in [0.2, 0.25) is 5.91 Å². The Labute approximate surface area is 156 Å². The number of fused-ring (bicyclic) bond motifs is 1. The summed E-state index contributed by atoms with van der Waals surface area (Å²) in [6.45, 7) is 2.21. The van der Waals surface area contributed by atoms with Crippen molar-refractivity contribution in [2.75, 3.05) is 24.5 Å². The molecule has 7 heteroatoms. The first kappa shape index (κ1) is 16.6. The van der Waals surface area contributed by atoms with Crippen molar-refractivity contribution in [3.63, 3.8) is 0 Å². The molecule has 5 rings (SSSR count). The number of furan rings is 1. The van der Waals surface area contributed by atoms with Gasteiger partial charge in [0.15, 0.2) is 0 Å². The van der Waals surface area contributed by atoms with Crippen LogP contribution in [0.5, 0.6) is 0 Å². The molecule has 0 aromatic carbocycles. The minimum atomic E-state index is -0.867. The van der Waals surface area contributed by atoms with Crippen LogP contribution < -0.4 is 4.90 Å². The summed E-state index contributed by atoms with van der Waals surface area (Å²) in [5, 5.41) is 10.7. The number of aromatic nitrogens is 1. The molecule has 0 bridgehead atoms. The number of carbonyl (C=O) groups is 2. The third-order valence-electron chi connectivity index (χ3n) is 6.49. The van der Waals surface area contributed by atoms with E-state index >= 15 is 0 Å². The highest BCUT2D eigenvalue weighted by Crippen LogP contribution is 2.46. The fraction of sp³-hybridized carbons (Fsp3) is 0.550. The Morgan fingerprint density at radius 2 is 2.00 bits per heavy atom. The van der Waals surface area contributed by atoms with Gasteiger partial charge < -0.3 is 19.3 Å². The number of rotatable bonds is 3. The number of nitrogens with zero attached hydrogens (tertiary/aromatic N) is 3. The van der Waals surface area contributed by atoms with Gasteiger partial charge in [0.1, 0.15) is 17.4 Å². The van der Waals surface area contributed by atoms with Crippen LogP contribution in [0.3, 0.4) is 0 Å². The first-order chi connectivity index (χ1) is 13.1. The Kier molecular flexibility index (Phi) is 3.67. The van der Waals surface area contributed by atoms with Gasteiger partial charge in [-0.3, -0.25) is 4.79 Å². The summed E-state index contributed by atoms with van der Waals surface area (Å²) in [4.78, 5) is 32.8. The molecule has 1 spiro atoms. The number of hydrogen-bond donors (Lipinski definition) is 1. The van der Waals surface area contributed by atoms with Crippen molar-refractivity contribution in [2.45, 2.75) is 38.1 Å². The number of hydrogen-bond acceptors (Lipinski definition) is 5. The molecule has 1 aliphatic carbocycles. The number of piperidine rings is 1. The molecule has 1 N–H and O–H groups in total. The van der Waals surface area contributed by atoms with E-state index < -0.39 is 12.0 Å². The van der Waals surface area contributed by atoms with E-state index in [2.05, 4.69) is 9.88 Å². The maximum atomic E-state index is 12.6. The fourth-order valence-corrected chi connectivity index (χ4v) is 4.76. The Balaban J connectivity index is 1.34. The van der Waals surface area contributed by atoms with Gasteiger partial charge in [-0.15, -0.1) is 0 Å². The normalized spacial score (nSPS) is 24.7. The van der Waals surface area contributed by atoms with Crippen molar-refractivity contribution in [3.05, 3.63) is 24.6 Å². The van der Waals surface area contributed by atoms with Gasteiger partial charge in [0.25, 0.3) is 0 Å². The summed E-state index contributed by atoms with van der Waals surface area (Å²) in [6.07, 6.45) is 7.57. The molecule has 27 heavy (non-hydrogen) atoms. The second kappa shape index (κ2) is 5.97. The molecule has 142 valence electrons. The summed E-state index contributed by atoms with van der Waals surface area (Å²) in [5.74, 6) is 0.166. The fourth-order valence-electron chi connectivity index (χ4n) is 4.76. The molecule has 1 atom stereocenters. The van der Waals surface area contributed by atoms with Crippen molar-refractivity contribution in [1.82, 2.24) is 9.88 Å². The average Bonchev–Trinajstić information content (AvgIpc) is 3.29. The molecule has 1 amide bonds. The number of pyridine rings is 1. The van der Waals surface area contributed by atoms with E-state index in [4.69, 9.17) is 4.42 Å². The summed E-state index contributed by atoms with van der Waals surface area (Å²) < 4.78 is 5.48. The molecule has 2 saturated heterocycles. The average molecular weight is 369 g/mol. The number of anilines is 1. The summed E-state index contributed by atoms with van der Waals surface area (Å²) in [5.41, 5.74) is 0.738. The van der Waals surface area contributed by atoms with Gasteiger partial charge >= 0.3 is 5.97 Å². The van der Waals surface area contributed by atoms with Gasteiger partial charge in [0.05, 0.1) is 11.6 Å². The van der Waals surface area contributed by atoms with Crippen LogP contribution in [0.2, 0.25) is 0 Å². The monoisotopic (exact) mass is 369 g/mol. The number of carboxylic acid groups (broad SMARTS) is 1. The third kappa shape index (κ3) is 2.76. The van der Waals surface area contributed by atoms with Gasteiger partial charge in [-0.1, -0.05) is 0 Å². The summed E-state index contributed by atoms with van der Waals surface area (Å²) >= 11 is 0. The lowest BCUT2D eigenvalue weighted by molar-refractivity contribution is -0.148. The van der Waals surface area contributed by atoms with Gasteiger partial charge in [0, 0.05) is 31.7 Å². The Morgan fingerprint density at radius 3 is 2.70 bits per heavy atom. The first-order valence-electron chi connectivity index (χ1n) is 9.67. The molecule has 2 aliphatic heterocycles. The molecular weight excluding hydrogens is 346 g/mol. The lowest BCUT2D eigenvalue weighted by atomic mass is 9.76. The number of aliphatic carboxylic acids is 1. The Morgan fingerprint density at radius 1 is 1.22 bits per heavy atom. The molecule has 1 saturated carbocycles. The van der Waals surface area contributed by atoms with E-state index in [0.29, 0.717) is 13.0 Å².